The molecule has 0 radical (unpaired) electrons. The third kappa shape index (κ3) is 7.96. The van der Waals surface area contributed by atoms with Gasteiger partial charge in [0, 0.05) is 20.1 Å². The number of rotatable bonds is 10. The normalized spacial score (nSPS) is 11.6. The molecule has 37 heavy (non-hydrogen) atoms. The minimum absolute atomic E-state index is 0.0200. The molecular formula is C27H33F3N2O5. The van der Waals surface area contributed by atoms with Crippen LogP contribution < -0.4 is 4.74 Å². The van der Waals surface area contributed by atoms with Crippen LogP contribution in [0.15, 0.2) is 36.4 Å². The quantitative estimate of drug-likeness (QED) is 0.313. The predicted octanol–water partition coefficient (Wildman–Crippen LogP) is 5.30. The first kappa shape index (κ1) is 29.7. The summed E-state index contributed by atoms with van der Waals surface area (Å²) in [5.74, 6) is 0.0622. The van der Waals surface area contributed by atoms with E-state index in [0.29, 0.717) is 17.6 Å². The first-order valence-corrected chi connectivity index (χ1v) is 11.8. The fraction of sp³-hybridized carbons (Fsp3) is 0.444. The average Bonchev–Trinajstić information content (AvgIpc) is 2.80. The van der Waals surface area contributed by atoms with Crippen LogP contribution in [0.4, 0.5) is 18.0 Å². The second-order valence-electron chi connectivity index (χ2n) is 9.27. The zero-order chi connectivity index (χ0) is 28.0. The Morgan fingerprint density at radius 2 is 1.54 bits per heavy atom. The molecule has 7 nitrogen and oxygen atoms in total. The van der Waals surface area contributed by atoms with Gasteiger partial charge in [-0.25, -0.2) is 9.59 Å². The molecule has 0 N–H and O–H groups in total. The first-order chi connectivity index (χ1) is 17.2. The van der Waals surface area contributed by atoms with Gasteiger partial charge in [0.25, 0.3) is 0 Å². The maximum absolute atomic E-state index is 13.1. The number of aldehydes is 1. The van der Waals surface area contributed by atoms with Crippen LogP contribution >= 0.6 is 0 Å². The van der Waals surface area contributed by atoms with E-state index in [0.717, 1.165) is 28.8 Å². The molecule has 0 spiro atoms. The van der Waals surface area contributed by atoms with Gasteiger partial charge in [0.05, 0.1) is 18.7 Å². The largest absolute Gasteiger partial charge is 0.476 e. The number of ether oxygens (including phenoxy) is 2. The summed E-state index contributed by atoms with van der Waals surface area (Å²) in [5.41, 5.74) is 0.825. The SMILES string of the molecule is CCOC(=O)C(C)(C)Oc1c(C)cc(CN(C)C(=O)N(CC=O)Cc2ccc(C(F)(F)F)cc2)cc1C. The second kappa shape index (κ2) is 12.1. The average molecular weight is 523 g/mol. The van der Waals surface area contributed by atoms with E-state index >= 15 is 0 Å². The lowest BCUT2D eigenvalue weighted by Crippen LogP contribution is -2.41. The van der Waals surface area contributed by atoms with Crippen molar-refractivity contribution in [1.82, 2.24) is 9.80 Å². The Balaban J connectivity index is 2.15. The van der Waals surface area contributed by atoms with Crippen LogP contribution in [0.1, 0.15) is 48.6 Å². The van der Waals surface area contributed by atoms with Gasteiger partial charge >= 0.3 is 18.2 Å². The number of halogens is 3. The lowest BCUT2D eigenvalue weighted by Gasteiger charge is -2.28. The number of hydrogen-bond donors (Lipinski definition) is 0. The number of benzene rings is 2. The van der Waals surface area contributed by atoms with Crippen molar-refractivity contribution < 1.29 is 37.0 Å². The van der Waals surface area contributed by atoms with E-state index in [2.05, 4.69) is 0 Å². The van der Waals surface area contributed by atoms with Crippen LogP contribution in [-0.2, 0) is 33.6 Å². The summed E-state index contributed by atoms with van der Waals surface area (Å²) in [5, 5.41) is 0. The van der Waals surface area contributed by atoms with E-state index < -0.39 is 29.3 Å². The standard InChI is InChI=1S/C27H33F3N2O5/c1-7-36-24(34)26(4,5)37-23-18(2)14-21(15-19(23)3)16-31(6)25(35)32(12-13-33)17-20-8-10-22(11-9-20)27(28,29)30/h8-11,13-15H,7,12,16-17H2,1-6H3. The van der Waals surface area contributed by atoms with Gasteiger partial charge in [0.15, 0.2) is 5.60 Å². The monoisotopic (exact) mass is 522 g/mol. The van der Waals surface area contributed by atoms with Gasteiger partial charge in [-0.1, -0.05) is 24.3 Å². The predicted molar refractivity (Wildman–Crippen MR) is 132 cm³/mol. The topological polar surface area (TPSA) is 76.2 Å². The number of nitrogens with zero attached hydrogens (tertiary/aromatic N) is 2. The molecule has 0 fully saturated rings. The third-order valence-electron chi connectivity index (χ3n) is 5.61. The molecule has 0 aliphatic rings. The highest BCUT2D eigenvalue weighted by Crippen LogP contribution is 2.30. The van der Waals surface area contributed by atoms with Crippen molar-refractivity contribution in [2.24, 2.45) is 0 Å². The lowest BCUT2D eigenvalue weighted by atomic mass is 10.0. The van der Waals surface area contributed by atoms with Gasteiger partial charge in [-0.2, -0.15) is 13.2 Å². The number of carbonyl (C=O) groups excluding carboxylic acids is 3. The minimum Gasteiger partial charge on any atom is -0.476 e. The van der Waals surface area contributed by atoms with Crippen LogP contribution in [0.2, 0.25) is 0 Å². The van der Waals surface area contributed by atoms with Crippen molar-refractivity contribution >= 4 is 18.3 Å². The fourth-order valence-corrected chi connectivity index (χ4v) is 3.80. The molecule has 202 valence electrons. The van der Waals surface area contributed by atoms with Gasteiger partial charge in [0.2, 0.25) is 0 Å². The Bertz CT molecular complexity index is 1090. The molecular weight excluding hydrogens is 489 g/mol. The minimum atomic E-state index is -4.46. The molecule has 0 unspecified atom stereocenters. The van der Waals surface area contributed by atoms with Crippen molar-refractivity contribution in [3.05, 3.63) is 64.2 Å². The molecule has 0 bridgehead atoms. The maximum atomic E-state index is 13.1. The van der Waals surface area contributed by atoms with E-state index in [1.165, 1.54) is 21.9 Å². The van der Waals surface area contributed by atoms with Crippen molar-refractivity contribution in [2.45, 2.75) is 59.5 Å². The van der Waals surface area contributed by atoms with Crippen LogP contribution in [0.25, 0.3) is 0 Å². The van der Waals surface area contributed by atoms with E-state index in [9.17, 15) is 27.6 Å². The first-order valence-electron chi connectivity index (χ1n) is 11.8. The number of urea groups is 1. The molecule has 0 saturated heterocycles. The van der Waals surface area contributed by atoms with Crippen molar-refractivity contribution in [3.63, 3.8) is 0 Å². The highest BCUT2D eigenvalue weighted by atomic mass is 19.4. The highest BCUT2D eigenvalue weighted by molar-refractivity contribution is 5.79. The molecule has 0 aliphatic carbocycles. The molecule has 2 aromatic carbocycles. The summed E-state index contributed by atoms with van der Waals surface area (Å²) in [6.07, 6.45) is -3.88. The van der Waals surface area contributed by atoms with Crippen LogP contribution in [0.5, 0.6) is 5.75 Å². The zero-order valence-electron chi connectivity index (χ0n) is 21.9. The number of alkyl halides is 3. The maximum Gasteiger partial charge on any atom is 0.416 e. The van der Waals surface area contributed by atoms with Crippen molar-refractivity contribution in [1.29, 1.82) is 0 Å². The molecule has 2 rings (SSSR count). The number of hydrogen-bond acceptors (Lipinski definition) is 5. The highest BCUT2D eigenvalue weighted by Gasteiger charge is 2.33. The Morgan fingerprint density at radius 1 is 0.973 bits per heavy atom. The fourth-order valence-electron chi connectivity index (χ4n) is 3.80. The molecule has 2 aromatic rings. The van der Waals surface area contributed by atoms with E-state index in [1.807, 2.05) is 26.0 Å². The Morgan fingerprint density at radius 3 is 2.03 bits per heavy atom. The number of amides is 2. The smallest absolute Gasteiger partial charge is 0.416 e. The van der Waals surface area contributed by atoms with Crippen LogP contribution in [-0.4, -0.2) is 53.9 Å². The third-order valence-corrected chi connectivity index (χ3v) is 5.61. The van der Waals surface area contributed by atoms with Gasteiger partial charge in [0.1, 0.15) is 12.0 Å². The molecule has 0 aliphatic heterocycles. The van der Waals surface area contributed by atoms with Crippen molar-refractivity contribution in [2.75, 3.05) is 20.2 Å². The Labute approximate surface area is 215 Å². The van der Waals surface area contributed by atoms with E-state index in [4.69, 9.17) is 9.47 Å². The molecule has 0 heterocycles. The number of carbonyl (C=O) groups is 3. The number of aryl methyl sites for hydroxylation is 2. The summed E-state index contributed by atoms with van der Waals surface area (Å²) in [6, 6.07) is 7.70. The van der Waals surface area contributed by atoms with E-state index in [1.54, 1.807) is 27.8 Å². The summed E-state index contributed by atoms with van der Waals surface area (Å²) >= 11 is 0. The second-order valence-corrected chi connectivity index (χ2v) is 9.27. The van der Waals surface area contributed by atoms with Gasteiger partial charge < -0.3 is 24.1 Å². The summed E-state index contributed by atoms with van der Waals surface area (Å²) < 4.78 is 49.5. The van der Waals surface area contributed by atoms with Gasteiger partial charge in [-0.15, -0.1) is 0 Å². The Kier molecular flexibility index (Phi) is 9.72. The Hall–Kier alpha value is -3.56. The molecule has 10 heteroatoms. The van der Waals surface area contributed by atoms with Gasteiger partial charge in [-0.3, -0.25) is 0 Å². The van der Waals surface area contributed by atoms with Crippen LogP contribution in [0, 0.1) is 13.8 Å². The summed E-state index contributed by atoms with van der Waals surface area (Å²) in [7, 11) is 1.58. The molecule has 0 saturated carbocycles. The summed E-state index contributed by atoms with van der Waals surface area (Å²) in [6.45, 7) is 8.86. The molecule has 2 amide bonds. The lowest BCUT2D eigenvalue weighted by molar-refractivity contribution is -0.158. The summed E-state index contributed by atoms with van der Waals surface area (Å²) in [4.78, 5) is 39.2. The number of esters is 1. The van der Waals surface area contributed by atoms with E-state index in [-0.39, 0.29) is 26.2 Å². The van der Waals surface area contributed by atoms with Crippen LogP contribution in [0.3, 0.4) is 0 Å². The van der Waals surface area contributed by atoms with Gasteiger partial charge in [-0.05, 0) is 69.0 Å². The zero-order valence-corrected chi connectivity index (χ0v) is 21.9. The molecule has 0 aromatic heterocycles. The molecule has 0 atom stereocenters. The van der Waals surface area contributed by atoms with Crippen molar-refractivity contribution in [3.8, 4) is 5.75 Å².